The van der Waals surface area contributed by atoms with Crippen molar-refractivity contribution in [2.75, 3.05) is 5.32 Å². The van der Waals surface area contributed by atoms with Crippen molar-refractivity contribution in [2.24, 2.45) is 4.99 Å². The highest BCUT2D eigenvalue weighted by Crippen LogP contribution is 2.33. The summed E-state index contributed by atoms with van der Waals surface area (Å²) in [6, 6.07) is 4.93. The molecule has 1 rings (SSSR count). The smallest absolute Gasteiger partial charge is 0.412 e. The Hall–Kier alpha value is -1.84. The van der Waals surface area contributed by atoms with Gasteiger partial charge in [0.15, 0.2) is 0 Å². The first kappa shape index (κ1) is 17.2. The second-order valence-electron chi connectivity index (χ2n) is 6.08. The minimum atomic E-state index is -0.864. The molecule has 114 valence electrons. The number of isocyanates is 1. The lowest BCUT2D eigenvalue weighted by Gasteiger charge is -2.24. The number of halogens is 1. The van der Waals surface area contributed by atoms with Crippen LogP contribution in [0.25, 0.3) is 0 Å². The third-order valence-corrected chi connectivity index (χ3v) is 2.84. The summed E-state index contributed by atoms with van der Waals surface area (Å²) >= 11 is 5.98. The maximum Gasteiger partial charge on any atom is 0.412 e. The average molecular weight is 311 g/mol. The van der Waals surface area contributed by atoms with E-state index < -0.39 is 17.2 Å². The van der Waals surface area contributed by atoms with E-state index in [1.54, 1.807) is 52.8 Å². The molecule has 5 nitrogen and oxygen atoms in total. The van der Waals surface area contributed by atoms with Gasteiger partial charge in [0.05, 0.1) is 5.54 Å². The summed E-state index contributed by atoms with van der Waals surface area (Å²) in [6.45, 7) is 8.77. The van der Waals surface area contributed by atoms with Crippen molar-refractivity contribution in [1.29, 1.82) is 0 Å². The highest BCUT2D eigenvalue weighted by atomic mass is 35.5. The van der Waals surface area contributed by atoms with Crippen molar-refractivity contribution in [1.82, 2.24) is 0 Å². The molecule has 0 aliphatic heterocycles. The Morgan fingerprint density at radius 1 is 1.29 bits per heavy atom. The van der Waals surface area contributed by atoms with E-state index in [9.17, 15) is 9.59 Å². The first-order valence-electron chi connectivity index (χ1n) is 6.44. The Labute approximate surface area is 129 Å². The molecule has 0 aromatic heterocycles. The number of nitrogens with zero attached hydrogens (tertiary/aromatic N) is 1. The van der Waals surface area contributed by atoms with Gasteiger partial charge in [-0.3, -0.25) is 5.32 Å². The standard InChI is InChI=1S/C15H19ClN2O3/c1-14(2,3)21-13(20)18-12-7-6-10(16)8-11(12)15(4,5)17-9-19/h6-8H,1-5H3,(H,18,20). The van der Waals surface area contributed by atoms with E-state index in [0.717, 1.165) is 0 Å². The molecule has 1 N–H and O–H groups in total. The lowest BCUT2D eigenvalue weighted by Crippen LogP contribution is -2.28. The van der Waals surface area contributed by atoms with Gasteiger partial charge < -0.3 is 4.74 Å². The SMILES string of the molecule is CC(C)(C)OC(=O)Nc1ccc(Cl)cc1C(C)(C)N=C=O. The second-order valence-corrected chi connectivity index (χ2v) is 6.52. The number of ether oxygens (including phenoxy) is 1. The summed E-state index contributed by atoms with van der Waals surface area (Å²) in [5.74, 6) is 0. The fraction of sp³-hybridized carbons (Fsp3) is 0.467. The first-order chi connectivity index (χ1) is 9.55. The maximum atomic E-state index is 11.9. The van der Waals surface area contributed by atoms with Crippen molar-refractivity contribution in [2.45, 2.75) is 45.8 Å². The number of hydrogen-bond donors (Lipinski definition) is 1. The number of anilines is 1. The van der Waals surface area contributed by atoms with Crippen molar-refractivity contribution in [3.63, 3.8) is 0 Å². The minimum Gasteiger partial charge on any atom is -0.444 e. The summed E-state index contributed by atoms with van der Waals surface area (Å²) in [5.41, 5.74) is -0.383. The summed E-state index contributed by atoms with van der Waals surface area (Å²) in [7, 11) is 0. The van der Waals surface area contributed by atoms with Crippen LogP contribution in [0.2, 0.25) is 5.02 Å². The average Bonchev–Trinajstić information content (AvgIpc) is 2.28. The highest BCUT2D eigenvalue weighted by Gasteiger charge is 2.25. The number of rotatable bonds is 3. The summed E-state index contributed by atoms with van der Waals surface area (Å²) in [6.07, 6.45) is 0.947. The van der Waals surface area contributed by atoms with E-state index in [1.807, 2.05) is 0 Å². The van der Waals surface area contributed by atoms with Crippen molar-refractivity contribution in [3.05, 3.63) is 28.8 Å². The molecular weight excluding hydrogens is 292 g/mol. The number of amides is 1. The molecule has 1 amide bonds. The molecule has 21 heavy (non-hydrogen) atoms. The fourth-order valence-corrected chi connectivity index (χ4v) is 1.89. The normalized spacial score (nSPS) is 11.5. The van der Waals surface area contributed by atoms with Gasteiger partial charge >= 0.3 is 6.09 Å². The molecular formula is C15H19ClN2O3. The van der Waals surface area contributed by atoms with Crippen molar-refractivity contribution in [3.8, 4) is 0 Å². The quantitative estimate of drug-likeness (QED) is 0.670. The van der Waals surface area contributed by atoms with Crippen LogP contribution in [0.5, 0.6) is 0 Å². The molecule has 0 aliphatic carbocycles. The monoisotopic (exact) mass is 310 g/mol. The predicted molar refractivity (Wildman–Crippen MR) is 82.5 cm³/mol. The van der Waals surface area contributed by atoms with Crippen LogP contribution in [0.1, 0.15) is 40.2 Å². The van der Waals surface area contributed by atoms with Crippen LogP contribution in [0.15, 0.2) is 23.2 Å². The summed E-state index contributed by atoms with van der Waals surface area (Å²) in [5, 5.41) is 3.13. The largest absolute Gasteiger partial charge is 0.444 e. The Kier molecular flexibility index (Phi) is 5.15. The van der Waals surface area contributed by atoms with Crippen LogP contribution in [-0.4, -0.2) is 17.8 Å². The van der Waals surface area contributed by atoms with Crippen LogP contribution < -0.4 is 5.32 Å². The summed E-state index contributed by atoms with van der Waals surface area (Å²) < 4.78 is 5.21. The highest BCUT2D eigenvalue weighted by molar-refractivity contribution is 6.30. The van der Waals surface area contributed by atoms with Gasteiger partial charge in [0.2, 0.25) is 6.08 Å². The van der Waals surface area contributed by atoms with Crippen molar-refractivity contribution >= 4 is 29.5 Å². The van der Waals surface area contributed by atoms with E-state index in [0.29, 0.717) is 16.3 Å². The summed E-state index contributed by atoms with van der Waals surface area (Å²) in [4.78, 5) is 26.2. The molecule has 0 bridgehead atoms. The third-order valence-electron chi connectivity index (χ3n) is 2.60. The van der Waals surface area contributed by atoms with Gasteiger partial charge in [0.25, 0.3) is 0 Å². The number of aliphatic imine (C=N–C) groups is 1. The molecule has 0 fully saturated rings. The maximum absolute atomic E-state index is 11.9. The van der Waals surface area contributed by atoms with Gasteiger partial charge in [0.1, 0.15) is 5.60 Å². The Bertz CT molecular complexity index is 585. The van der Waals surface area contributed by atoms with E-state index in [-0.39, 0.29) is 0 Å². The van der Waals surface area contributed by atoms with Crippen LogP contribution in [0.4, 0.5) is 10.5 Å². The predicted octanol–water partition coefficient (Wildman–Crippen LogP) is 4.26. The molecule has 0 aliphatic rings. The lowest BCUT2D eigenvalue weighted by molar-refractivity contribution is 0.0635. The van der Waals surface area contributed by atoms with E-state index in [2.05, 4.69) is 10.3 Å². The lowest BCUT2D eigenvalue weighted by atomic mass is 9.93. The Balaban J connectivity index is 3.14. The second kappa shape index (κ2) is 6.29. The molecule has 0 unspecified atom stereocenters. The van der Waals surface area contributed by atoms with E-state index in [1.165, 1.54) is 6.08 Å². The van der Waals surface area contributed by atoms with Crippen LogP contribution in [-0.2, 0) is 15.1 Å². The fourth-order valence-electron chi connectivity index (χ4n) is 1.72. The van der Waals surface area contributed by atoms with Gasteiger partial charge in [0, 0.05) is 16.3 Å². The molecule has 6 heteroatoms. The molecule has 0 spiro atoms. The number of nitrogens with one attached hydrogen (secondary N) is 1. The van der Waals surface area contributed by atoms with Gasteiger partial charge in [-0.1, -0.05) is 11.6 Å². The zero-order valence-corrected chi connectivity index (χ0v) is 13.5. The Morgan fingerprint density at radius 2 is 1.90 bits per heavy atom. The first-order valence-corrected chi connectivity index (χ1v) is 6.82. The van der Waals surface area contributed by atoms with E-state index >= 15 is 0 Å². The topological polar surface area (TPSA) is 67.8 Å². The molecule has 0 heterocycles. The van der Waals surface area contributed by atoms with Crippen LogP contribution in [0.3, 0.4) is 0 Å². The van der Waals surface area contributed by atoms with Gasteiger partial charge in [-0.2, -0.15) is 4.99 Å². The van der Waals surface area contributed by atoms with Crippen molar-refractivity contribution < 1.29 is 14.3 Å². The molecule has 0 saturated carbocycles. The minimum absolute atomic E-state index is 0.480. The zero-order valence-electron chi connectivity index (χ0n) is 12.8. The van der Waals surface area contributed by atoms with Gasteiger partial charge in [-0.25, -0.2) is 9.59 Å². The number of carbonyl (C=O) groups excluding carboxylic acids is 2. The molecule has 0 radical (unpaired) electrons. The van der Waals surface area contributed by atoms with Gasteiger partial charge in [-0.05, 0) is 52.8 Å². The number of hydrogen-bond acceptors (Lipinski definition) is 4. The molecule has 0 saturated heterocycles. The van der Waals surface area contributed by atoms with E-state index in [4.69, 9.17) is 16.3 Å². The third kappa shape index (κ3) is 5.21. The molecule has 1 aromatic rings. The van der Waals surface area contributed by atoms with Crippen LogP contribution >= 0.6 is 11.6 Å². The van der Waals surface area contributed by atoms with Gasteiger partial charge in [-0.15, -0.1) is 0 Å². The Morgan fingerprint density at radius 3 is 2.43 bits per heavy atom. The van der Waals surface area contributed by atoms with Crippen LogP contribution in [0, 0.1) is 0 Å². The number of carbonyl (C=O) groups is 1. The molecule has 1 aromatic carbocycles. The zero-order chi connectivity index (χ0) is 16.3. The number of benzene rings is 1. The molecule has 0 atom stereocenters.